The summed E-state index contributed by atoms with van der Waals surface area (Å²) >= 11 is 1.13. The van der Waals surface area contributed by atoms with Crippen molar-refractivity contribution in [3.05, 3.63) is 29.8 Å². The van der Waals surface area contributed by atoms with Crippen LogP contribution < -0.4 is 4.90 Å². The molecule has 0 bridgehead atoms. The highest BCUT2D eigenvalue weighted by atomic mass is 32.2. The molecule has 0 heterocycles. The van der Waals surface area contributed by atoms with Gasteiger partial charge in [0.1, 0.15) is 0 Å². The number of carbonyl (C=O) groups is 2. The third-order valence-corrected chi connectivity index (χ3v) is 3.91. The second kappa shape index (κ2) is 8.56. The van der Waals surface area contributed by atoms with Crippen molar-refractivity contribution < 1.29 is 14.7 Å². The summed E-state index contributed by atoms with van der Waals surface area (Å²) < 4.78 is 0. The maximum absolute atomic E-state index is 12.0. The molecule has 0 spiro atoms. The first-order valence-corrected chi connectivity index (χ1v) is 7.93. The van der Waals surface area contributed by atoms with Crippen molar-refractivity contribution in [3.63, 3.8) is 0 Å². The molecule has 1 N–H and O–H groups in total. The van der Waals surface area contributed by atoms with E-state index < -0.39 is 5.97 Å². The van der Waals surface area contributed by atoms with Gasteiger partial charge in [0.25, 0.3) is 0 Å². The lowest BCUT2D eigenvalue weighted by Gasteiger charge is -2.21. The van der Waals surface area contributed by atoms with Crippen LogP contribution in [-0.4, -0.2) is 54.0 Å². The highest BCUT2D eigenvalue weighted by Crippen LogP contribution is 2.14. The predicted molar refractivity (Wildman–Crippen MR) is 86.8 cm³/mol. The van der Waals surface area contributed by atoms with Gasteiger partial charge in [0.15, 0.2) is 0 Å². The van der Waals surface area contributed by atoms with Gasteiger partial charge in [0.05, 0.1) is 11.5 Å². The first kappa shape index (κ1) is 17.4. The van der Waals surface area contributed by atoms with Crippen LogP contribution in [0.5, 0.6) is 0 Å². The summed E-state index contributed by atoms with van der Waals surface area (Å²) in [6, 6.07) is 8.06. The Kier molecular flexibility index (Phi) is 7.08. The van der Waals surface area contributed by atoms with E-state index in [0.717, 1.165) is 23.0 Å². The molecule has 6 heteroatoms. The van der Waals surface area contributed by atoms with Crippen LogP contribution in [-0.2, 0) is 16.1 Å². The molecule has 1 rings (SSSR count). The van der Waals surface area contributed by atoms with Crippen molar-refractivity contribution in [1.29, 1.82) is 0 Å². The van der Waals surface area contributed by atoms with Gasteiger partial charge in [0, 0.05) is 32.9 Å². The van der Waals surface area contributed by atoms with Gasteiger partial charge in [-0.15, -0.1) is 11.8 Å². The number of carboxylic acids is 1. The van der Waals surface area contributed by atoms with Crippen LogP contribution in [0.25, 0.3) is 0 Å². The van der Waals surface area contributed by atoms with Gasteiger partial charge >= 0.3 is 5.97 Å². The van der Waals surface area contributed by atoms with Crippen molar-refractivity contribution in [3.8, 4) is 0 Å². The van der Waals surface area contributed by atoms with E-state index >= 15 is 0 Å². The number of benzene rings is 1. The van der Waals surface area contributed by atoms with Crippen LogP contribution in [0.2, 0.25) is 0 Å². The first-order valence-electron chi connectivity index (χ1n) is 6.77. The molecule has 1 aromatic carbocycles. The molecule has 0 unspecified atom stereocenters. The Labute approximate surface area is 129 Å². The zero-order valence-electron chi connectivity index (χ0n) is 12.7. The molecule has 0 radical (unpaired) electrons. The molecule has 21 heavy (non-hydrogen) atoms. The fourth-order valence-electron chi connectivity index (χ4n) is 1.81. The first-order chi connectivity index (χ1) is 9.93. The van der Waals surface area contributed by atoms with E-state index in [4.69, 9.17) is 5.11 Å². The molecule has 5 nitrogen and oxygen atoms in total. The minimum Gasteiger partial charge on any atom is -0.481 e. The van der Waals surface area contributed by atoms with Crippen molar-refractivity contribution in [2.45, 2.75) is 13.5 Å². The van der Waals surface area contributed by atoms with E-state index in [0.29, 0.717) is 13.1 Å². The fourth-order valence-corrected chi connectivity index (χ4v) is 2.45. The normalized spacial score (nSPS) is 10.2. The number of aliphatic carboxylic acids is 1. The quantitative estimate of drug-likeness (QED) is 0.795. The second-order valence-electron chi connectivity index (χ2n) is 4.86. The molecule has 0 aliphatic carbocycles. The van der Waals surface area contributed by atoms with Crippen LogP contribution in [0, 0.1) is 0 Å². The molecule has 0 aromatic heterocycles. The summed E-state index contributed by atoms with van der Waals surface area (Å²) in [5.41, 5.74) is 2.18. The van der Waals surface area contributed by atoms with Crippen molar-refractivity contribution in [2.24, 2.45) is 0 Å². The minimum atomic E-state index is -0.893. The molecule has 0 aliphatic rings. The van der Waals surface area contributed by atoms with Gasteiger partial charge in [-0.1, -0.05) is 12.1 Å². The summed E-state index contributed by atoms with van der Waals surface area (Å²) in [4.78, 5) is 26.2. The van der Waals surface area contributed by atoms with Gasteiger partial charge in [-0.2, -0.15) is 0 Å². The van der Waals surface area contributed by atoms with E-state index in [-0.39, 0.29) is 17.4 Å². The highest BCUT2D eigenvalue weighted by Gasteiger charge is 2.13. The third kappa shape index (κ3) is 6.08. The Hall–Kier alpha value is -1.69. The maximum atomic E-state index is 12.0. The average molecular weight is 310 g/mol. The van der Waals surface area contributed by atoms with Crippen molar-refractivity contribution in [2.75, 3.05) is 37.0 Å². The molecule has 0 saturated carbocycles. The number of rotatable bonds is 8. The van der Waals surface area contributed by atoms with E-state index in [1.54, 1.807) is 4.90 Å². The topological polar surface area (TPSA) is 60.9 Å². The molecule has 116 valence electrons. The summed E-state index contributed by atoms with van der Waals surface area (Å²) in [5.74, 6) is -0.757. The van der Waals surface area contributed by atoms with Gasteiger partial charge in [-0.25, -0.2) is 0 Å². The van der Waals surface area contributed by atoms with Gasteiger partial charge in [-0.05, 0) is 24.6 Å². The smallest absolute Gasteiger partial charge is 0.313 e. The lowest BCUT2D eigenvalue weighted by atomic mass is 10.2. The number of anilines is 1. The fraction of sp³-hybridized carbons (Fsp3) is 0.467. The van der Waals surface area contributed by atoms with Crippen molar-refractivity contribution >= 4 is 29.3 Å². The molecular formula is C15H22N2O3S. The maximum Gasteiger partial charge on any atom is 0.313 e. The molecule has 0 fully saturated rings. The second-order valence-corrected chi connectivity index (χ2v) is 5.84. The van der Waals surface area contributed by atoms with E-state index in [2.05, 4.69) is 0 Å². The number of hydrogen-bond donors (Lipinski definition) is 1. The SMILES string of the molecule is CCN(Cc1ccc(N(C)C)cc1)C(=O)CSCC(=O)O. The molecule has 1 amide bonds. The van der Waals surface area contributed by atoms with E-state index in [9.17, 15) is 9.59 Å². The Balaban J connectivity index is 2.56. The number of carbonyl (C=O) groups excluding carboxylic acids is 1. The number of amides is 1. The standard InChI is InChI=1S/C15H22N2O3S/c1-4-17(14(18)10-21-11-15(19)20)9-12-5-7-13(8-6-12)16(2)3/h5-8H,4,9-11H2,1-3H3,(H,19,20). The summed E-state index contributed by atoms with van der Waals surface area (Å²) in [6.07, 6.45) is 0. The van der Waals surface area contributed by atoms with Crippen LogP contribution in [0.15, 0.2) is 24.3 Å². The number of thioether (sulfide) groups is 1. The number of hydrogen-bond acceptors (Lipinski definition) is 4. The van der Waals surface area contributed by atoms with Gasteiger partial charge < -0.3 is 14.9 Å². The Morgan fingerprint density at radius 2 is 1.76 bits per heavy atom. The largest absolute Gasteiger partial charge is 0.481 e. The lowest BCUT2D eigenvalue weighted by molar-refractivity contribution is -0.133. The Bertz CT molecular complexity index is 474. The van der Waals surface area contributed by atoms with Crippen molar-refractivity contribution in [1.82, 2.24) is 4.90 Å². The number of nitrogens with zero attached hydrogens (tertiary/aromatic N) is 2. The molecule has 0 atom stereocenters. The van der Waals surface area contributed by atoms with Gasteiger partial charge in [-0.3, -0.25) is 9.59 Å². The van der Waals surface area contributed by atoms with Crippen LogP contribution in [0.4, 0.5) is 5.69 Å². The zero-order chi connectivity index (χ0) is 15.8. The van der Waals surface area contributed by atoms with E-state index in [1.165, 1.54) is 0 Å². The monoisotopic (exact) mass is 310 g/mol. The Morgan fingerprint density at radius 3 is 2.24 bits per heavy atom. The van der Waals surface area contributed by atoms with E-state index in [1.807, 2.05) is 50.2 Å². The Morgan fingerprint density at radius 1 is 1.14 bits per heavy atom. The summed E-state index contributed by atoms with van der Waals surface area (Å²) in [5, 5.41) is 8.58. The highest BCUT2D eigenvalue weighted by molar-refractivity contribution is 8.00. The molecule has 0 saturated heterocycles. The minimum absolute atomic E-state index is 0.0274. The van der Waals surface area contributed by atoms with Crippen LogP contribution >= 0.6 is 11.8 Å². The van der Waals surface area contributed by atoms with Gasteiger partial charge in [0.2, 0.25) is 5.91 Å². The summed E-state index contributed by atoms with van der Waals surface area (Å²) in [6.45, 7) is 3.09. The lowest BCUT2D eigenvalue weighted by Crippen LogP contribution is -2.32. The van der Waals surface area contributed by atoms with Crippen LogP contribution in [0.1, 0.15) is 12.5 Å². The molecule has 1 aromatic rings. The zero-order valence-corrected chi connectivity index (χ0v) is 13.5. The summed E-state index contributed by atoms with van der Waals surface area (Å²) in [7, 11) is 3.97. The molecular weight excluding hydrogens is 288 g/mol. The average Bonchev–Trinajstić information content (AvgIpc) is 2.44. The predicted octanol–water partition coefficient (Wildman–Crippen LogP) is 1.92. The molecule has 0 aliphatic heterocycles. The number of carboxylic acid groups (broad SMARTS) is 1. The van der Waals surface area contributed by atoms with Crippen LogP contribution in [0.3, 0.4) is 0 Å². The third-order valence-electron chi connectivity index (χ3n) is 3.01.